The van der Waals surface area contributed by atoms with Crippen LogP contribution in [0, 0.1) is 11.8 Å². The first-order valence-electron chi connectivity index (χ1n) is 2.81. The molecular formula is C9H8S. The van der Waals surface area contributed by atoms with Gasteiger partial charge in [-0.25, -0.2) is 0 Å². The zero-order valence-electron chi connectivity index (χ0n) is 6.12. The first kappa shape index (κ1) is 8.95. The van der Waals surface area contributed by atoms with Crippen molar-refractivity contribution in [2.45, 2.75) is 13.8 Å². The van der Waals surface area contributed by atoms with Gasteiger partial charge >= 0.3 is 0 Å². The van der Waals surface area contributed by atoms with Crippen molar-refractivity contribution in [3.63, 3.8) is 0 Å². The van der Waals surface area contributed by atoms with Crippen LogP contribution < -0.4 is 0 Å². The van der Waals surface area contributed by atoms with Crippen molar-refractivity contribution in [1.29, 1.82) is 0 Å². The molecule has 0 saturated carbocycles. The Morgan fingerprint density at radius 1 is 1.50 bits per heavy atom. The number of allylic oxidation sites excluding steroid dienone is 2. The maximum absolute atomic E-state index is 4.60. The summed E-state index contributed by atoms with van der Waals surface area (Å²) in [5, 5.41) is 2.54. The van der Waals surface area contributed by atoms with Crippen LogP contribution in [0.3, 0.4) is 0 Å². The fourth-order valence-electron chi connectivity index (χ4n) is 0.409. The fraction of sp³-hybridized carbons (Fsp3) is 0.222. The Morgan fingerprint density at radius 2 is 2.10 bits per heavy atom. The van der Waals surface area contributed by atoms with E-state index in [0.717, 1.165) is 5.57 Å². The van der Waals surface area contributed by atoms with Gasteiger partial charge < -0.3 is 0 Å². The molecule has 0 radical (unpaired) electrons. The van der Waals surface area contributed by atoms with Crippen LogP contribution in [-0.2, 0) is 0 Å². The molecule has 0 N–H and O–H groups in total. The number of hydrogen-bond donors (Lipinski definition) is 0. The molecule has 0 heterocycles. The standard InChI is InChI=1S/C9H8S/c1-4-6-9(7-10)8(3)5-2/h2H2,1,3H3. The van der Waals surface area contributed by atoms with Gasteiger partial charge in [-0.1, -0.05) is 12.5 Å². The molecule has 0 aliphatic carbocycles. The van der Waals surface area contributed by atoms with Gasteiger partial charge in [0.1, 0.15) is 0 Å². The van der Waals surface area contributed by atoms with Crippen molar-refractivity contribution in [1.82, 2.24) is 0 Å². The van der Waals surface area contributed by atoms with Gasteiger partial charge in [0.15, 0.2) is 0 Å². The third-order valence-electron chi connectivity index (χ3n) is 0.992. The van der Waals surface area contributed by atoms with Gasteiger partial charge in [-0.2, -0.15) is 0 Å². The van der Waals surface area contributed by atoms with Gasteiger partial charge in [0.25, 0.3) is 0 Å². The van der Waals surface area contributed by atoms with Crippen LogP contribution in [-0.4, -0.2) is 5.02 Å². The molecule has 0 aromatic carbocycles. The SMILES string of the molecule is C=C=C(C)C(=C=S)C#CC. The molecule has 0 aromatic rings. The quantitative estimate of drug-likeness (QED) is 0.238. The Bertz CT molecular complexity index is 274. The molecule has 50 valence electrons. The van der Waals surface area contributed by atoms with Gasteiger partial charge in [-0.15, -0.1) is 11.7 Å². The van der Waals surface area contributed by atoms with Crippen molar-refractivity contribution < 1.29 is 0 Å². The smallest absolute Gasteiger partial charge is 0.0884 e. The third-order valence-corrected chi connectivity index (χ3v) is 1.20. The summed E-state index contributed by atoms with van der Waals surface area (Å²) in [6.07, 6.45) is 0. The van der Waals surface area contributed by atoms with Gasteiger partial charge in [-0.3, -0.25) is 0 Å². The van der Waals surface area contributed by atoms with E-state index in [1.54, 1.807) is 6.92 Å². The van der Waals surface area contributed by atoms with Crippen molar-refractivity contribution in [3.8, 4) is 11.8 Å². The van der Waals surface area contributed by atoms with Crippen LogP contribution >= 0.6 is 12.2 Å². The van der Waals surface area contributed by atoms with Gasteiger partial charge in [0.2, 0.25) is 0 Å². The molecule has 1 heteroatoms. The maximum atomic E-state index is 4.60. The summed E-state index contributed by atoms with van der Waals surface area (Å²) in [5.41, 5.74) is 4.25. The molecule has 0 saturated heterocycles. The molecule has 0 fully saturated rings. The molecule has 0 aliphatic rings. The van der Waals surface area contributed by atoms with Crippen molar-refractivity contribution in [2.24, 2.45) is 0 Å². The van der Waals surface area contributed by atoms with E-state index in [-0.39, 0.29) is 0 Å². The minimum Gasteiger partial charge on any atom is -0.123 e. The highest BCUT2D eigenvalue weighted by atomic mass is 32.1. The molecule has 0 nitrogen and oxygen atoms in total. The summed E-state index contributed by atoms with van der Waals surface area (Å²) in [6.45, 7) is 7.08. The molecule has 0 amide bonds. The number of thiocarbonyl (C=S) groups is 1. The van der Waals surface area contributed by atoms with Crippen LogP contribution in [0.15, 0.2) is 23.5 Å². The monoisotopic (exact) mass is 148 g/mol. The lowest BCUT2D eigenvalue weighted by atomic mass is 10.1. The second-order valence-corrected chi connectivity index (χ2v) is 1.86. The van der Waals surface area contributed by atoms with Gasteiger partial charge in [0, 0.05) is 5.57 Å². The average molecular weight is 148 g/mol. The number of rotatable bonds is 1. The zero-order valence-corrected chi connectivity index (χ0v) is 6.93. The number of hydrogen-bond acceptors (Lipinski definition) is 1. The highest BCUT2D eigenvalue weighted by Crippen LogP contribution is 2.00. The van der Waals surface area contributed by atoms with E-state index in [1.165, 1.54) is 0 Å². The second kappa shape index (κ2) is 4.79. The van der Waals surface area contributed by atoms with E-state index in [0.29, 0.717) is 5.57 Å². The lowest BCUT2D eigenvalue weighted by molar-refractivity contribution is 1.51. The predicted octanol–water partition coefficient (Wildman–Crippen LogP) is 2.27. The minimum atomic E-state index is 0.701. The van der Waals surface area contributed by atoms with Crippen molar-refractivity contribution in [3.05, 3.63) is 23.5 Å². The molecule has 0 spiro atoms. The highest BCUT2D eigenvalue weighted by molar-refractivity contribution is 7.78. The topological polar surface area (TPSA) is 0 Å². The Labute approximate surface area is 66.9 Å². The van der Waals surface area contributed by atoms with Crippen molar-refractivity contribution >= 4 is 17.2 Å². The second-order valence-electron chi connectivity index (χ2n) is 1.65. The third kappa shape index (κ3) is 2.49. The maximum Gasteiger partial charge on any atom is 0.0884 e. The van der Waals surface area contributed by atoms with Crippen LogP contribution in [0.5, 0.6) is 0 Å². The van der Waals surface area contributed by atoms with Gasteiger partial charge in [-0.05, 0) is 31.1 Å². The first-order chi connectivity index (χ1) is 4.76. The summed E-state index contributed by atoms with van der Waals surface area (Å²) >= 11 is 4.60. The molecule has 0 aliphatic heterocycles. The largest absolute Gasteiger partial charge is 0.123 e. The minimum absolute atomic E-state index is 0.701. The lowest BCUT2D eigenvalue weighted by Gasteiger charge is -1.87. The molecule has 0 bridgehead atoms. The normalized spacial score (nSPS) is 6.20. The summed E-state index contributed by atoms with van der Waals surface area (Å²) in [5.74, 6) is 5.52. The zero-order chi connectivity index (χ0) is 7.98. The van der Waals surface area contributed by atoms with E-state index in [2.05, 4.69) is 41.4 Å². The molecule has 0 atom stereocenters. The van der Waals surface area contributed by atoms with Crippen LogP contribution in [0.25, 0.3) is 0 Å². The van der Waals surface area contributed by atoms with Crippen LogP contribution in [0.4, 0.5) is 0 Å². The molecule has 0 unspecified atom stereocenters. The summed E-state index contributed by atoms with van der Waals surface area (Å²) in [6, 6.07) is 0. The Kier molecular flexibility index (Phi) is 4.29. The van der Waals surface area contributed by atoms with E-state index in [1.807, 2.05) is 6.92 Å². The van der Waals surface area contributed by atoms with E-state index in [9.17, 15) is 0 Å². The first-order valence-corrected chi connectivity index (χ1v) is 3.22. The van der Waals surface area contributed by atoms with Gasteiger partial charge in [0.05, 0.1) is 5.57 Å². The van der Waals surface area contributed by atoms with Crippen LogP contribution in [0.2, 0.25) is 0 Å². The Hall–Kier alpha value is -1.05. The Balaban J connectivity index is 4.86. The Morgan fingerprint density at radius 3 is 2.40 bits per heavy atom. The summed E-state index contributed by atoms with van der Waals surface area (Å²) in [7, 11) is 0. The van der Waals surface area contributed by atoms with Crippen molar-refractivity contribution in [2.75, 3.05) is 0 Å². The average Bonchev–Trinajstić information content (AvgIpc) is 1.99. The molecule has 10 heavy (non-hydrogen) atoms. The molecular weight excluding hydrogens is 140 g/mol. The highest BCUT2D eigenvalue weighted by Gasteiger charge is 1.90. The molecule has 0 aromatic heterocycles. The fourth-order valence-corrected chi connectivity index (χ4v) is 0.613. The van der Waals surface area contributed by atoms with E-state index in [4.69, 9.17) is 0 Å². The summed E-state index contributed by atoms with van der Waals surface area (Å²) in [4.78, 5) is 0. The molecule has 0 rings (SSSR count). The van der Waals surface area contributed by atoms with Crippen LogP contribution in [0.1, 0.15) is 13.8 Å². The lowest BCUT2D eigenvalue weighted by Crippen LogP contribution is -1.78. The van der Waals surface area contributed by atoms with E-state index < -0.39 is 0 Å². The summed E-state index contributed by atoms with van der Waals surface area (Å²) < 4.78 is 0. The van der Waals surface area contributed by atoms with E-state index >= 15 is 0 Å². The predicted molar refractivity (Wildman–Crippen MR) is 47.9 cm³/mol.